The van der Waals surface area contributed by atoms with Gasteiger partial charge in [0.2, 0.25) is 0 Å². The molecule has 174 valence electrons. The number of nitrogens with one attached hydrogen (secondary N) is 1. The number of hydrogen-bond acceptors (Lipinski definition) is 6. The number of carbonyl (C=O) groups is 1. The van der Waals surface area contributed by atoms with Gasteiger partial charge in [0.15, 0.2) is 5.11 Å². The molecule has 0 saturated heterocycles. The van der Waals surface area contributed by atoms with Gasteiger partial charge in [-0.25, -0.2) is 4.79 Å². The van der Waals surface area contributed by atoms with Crippen molar-refractivity contribution in [3.05, 3.63) is 92.8 Å². The number of thiocarbonyl (C=S) groups is 1. The average Bonchev–Trinajstić information content (AvgIpc) is 3.29. The Labute approximate surface area is 205 Å². The van der Waals surface area contributed by atoms with Gasteiger partial charge >= 0.3 is 5.97 Å². The van der Waals surface area contributed by atoms with E-state index in [-0.39, 0.29) is 12.3 Å². The van der Waals surface area contributed by atoms with Crippen molar-refractivity contribution in [3.63, 3.8) is 0 Å². The molecule has 0 bridgehead atoms. The number of halogens is 1. The summed E-state index contributed by atoms with van der Waals surface area (Å²) in [6, 6.07) is 16.1. The van der Waals surface area contributed by atoms with Crippen LogP contribution in [0.3, 0.4) is 0 Å². The van der Waals surface area contributed by atoms with Gasteiger partial charge in [-0.2, -0.15) is 0 Å². The maximum Gasteiger partial charge on any atom is 0.338 e. The van der Waals surface area contributed by atoms with Gasteiger partial charge in [-0.3, -0.25) is 15.0 Å². The highest BCUT2D eigenvalue weighted by Crippen LogP contribution is 2.38. The first-order valence-corrected chi connectivity index (χ1v) is 11.2. The minimum absolute atomic E-state index is 0.115. The maximum absolute atomic E-state index is 13.0. The number of allylic oxidation sites excluding steroid dienone is 1. The van der Waals surface area contributed by atoms with Gasteiger partial charge in [0.1, 0.15) is 17.6 Å². The SMILES string of the molecule is CCOC(=O)C1=C(C)N(c2ccccc2)C(=S)N[C@@H]1c1ccc(-c2cc([N+](=O)[O-])ccc2Cl)o1. The molecule has 0 saturated carbocycles. The average molecular weight is 498 g/mol. The van der Waals surface area contributed by atoms with Crippen molar-refractivity contribution in [1.82, 2.24) is 5.32 Å². The predicted octanol–water partition coefficient (Wildman–Crippen LogP) is 5.78. The van der Waals surface area contributed by atoms with Crippen molar-refractivity contribution >= 4 is 46.3 Å². The van der Waals surface area contributed by atoms with Crippen LogP contribution in [-0.4, -0.2) is 22.6 Å². The lowest BCUT2D eigenvalue weighted by Gasteiger charge is -2.36. The summed E-state index contributed by atoms with van der Waals surface area (Å²) in [5.41, 5.74) is 1.98. The second-order valence-electron chi connectivity index (χ2n) is 7.40. The fourth-order valence-corrected chi connectivity index (χ4v) is 4.36. The van der Waals surface area contributed by atoms with Gasteiger partial charge < -0.3 is 14.5 Å². The minimum Gasteiger partial charge on any atom is -0.463 e. The Morgan fingerprint density at radius 3 is 2.65 bits per heavy atom. The normalized spacial score (nSPS) is 15.8. The molecule has 4 rings (SSSR count). The molecular formula is C24H20ClN3O5S. The fourth-order valence-electron chi connectivity index (χ4n) is 3.79. The van der Waals surface area contributed by atoms with E-state index in [0.717, 1.165) is 5.69 Å². The molecule has 2 aromatic carbocycles. The van der Waals surface area contributed by atoms with Crippen molar-refractivity contribution in [2.45, 2.75) is 19.9 Å². The molecule has 1 aliphatic heterocycles. The van der Waals surface area contributed by atoms with E-state index in [4.69, 9.17) is 33.0 Å². The number of hydrogen-bond donors (Lipinski definition) is 1. The molecular weight excluding hydrogens is 478 g/mol. The number of carbonyl (C=O) groups excluding carboxylic acids is 1. The lowest BCUT2D eigenvalue weighted by atomic mass is 9.99. The van der Waals surface area contributed by atoms with Gasteiger partial charge in [-0.1, -0.05) is 29.8 Å². The summed E-state index contributed by atoms with van der Waals surface area (Å²) in [6.07, 6.45) is 0. The van der Waals surface area contributed by atoms with Crippen LogP contribution < -0.4 is 10.2 Å². The molecule has 0 unspecified atom stereocenters. The number of para-hydroxylation sites is 1. The molecule has 10 heteroatoms. The number of nitrogens with zero attached hydrogens (tertiary/aromatic N) is 2. The number of ether oxygens (including phenoxy) is 1. The van der Waals surface area contributed by atoms with Crippen LogP contribution in [0.25, 0.3) is 11.3 Å². The van der Waals surface area contributed by atoms with E-state index in [9.17, 15) is 14.9 Å². The number of nitro benzene ring substituents is 1. The first-order chi connectivity index (χ1) is 16.3. The Morgan fingerprint density at radius 2 is 1.97 bits per heavy atom. The monoisotopic (exact) mass is 497 g/mol. The molecule has 0 fully saturated rings. The zero-order valence-electron chi connectivity index (χ0n) is 18.3. The van der Waals surface area contributed by atoms with Crippen molar-refractivity contribution in [3.8, 4) is 11.3 Å². The fraction of sp³-hybridized carbons (Fsp3) is 0.167. The smallest absolute Gasteiger partial charge is 0.338 e. The third kappa shape index (κ3) is 4.40. The second kappa shape index (κ2) is 9.66. The molecule has 0 aliphatic carbocycles. The zero-order chi connectivity index (χ0) is 24.4. The quantitative estimate of drug-likeness (QED) is 0.198. The Hall–Kier alpha value is -3.69. The summed E-state index contributed by atoms with van der Waals surface area (Å²) < 4.78 is 11.4. The number of rotatable bonds is 6. The van der Waals surface area contributed by atoms with Crippen LogP contribution >= 0.6 is 23.8 Å². The summed E-state index contributed by atoms with van der Waals surface area (Å²) in [4.78, 5) is 25.4. The molecule has 0 radical (unpaired) electrons. The number of nitro groups is 1. The van der Waals surface area contributed by atoms with Crippen molar-refractivity contribution in [1.29, 1.82) is 0 Å². The molecule has 0 amide bonds. The molecule has 8 nitrogen and oxygen atoms in total. The highest BCUT2D eigenvalue weighted by molar-refractivity contribution is 7.80. The first kappa shape index (κ1) is 23.5. The minimum atomic E-state index is -0.724. The number of non-ortho nitro benzene ring substituents is 1. The number of benzene rings is 2. The van der Waals surface area contributed by atoms with E-state index in [0.29, 0.717) is 38.5 Å². The summed E-state index contributed by atoms with van der Waals surface area (Å²) in [5, 5.41) is 15.0. The van der Waals surface area contributed by atoms with E-state index < -0.39 is 16.9 Å². The molecule has 34 heavy (non-hydrogen) atoms. The lowest BCUT2D eigenvalue weighted by Crippen LogP contribution is -2.48. The van der Waals surface area contributed by atoms with E-state index in [2.05, 4.69) is 5.32 Å². The van der Waals surface area contributed by atoms with Crippen molar-refractivity contribution in [2.24, 2.45) is 0 Å². The molecule has 0 spiro atoms. The standard InChI is InChI=1S/C24H20ClN3O5S/c1-3-32-23(29)21-14(2)27(15-7-5-4-6-8-15)24(34)26-22(21)20-12-11-19(33-20)17-13-16(28(30)31)9-10-18(17)25/h4-13,22H,3H2,1-2H3,(H,26,34)/t22-/m1/s1. The summed E-state index contributed by atoms with van der Waals surface area (Å²) in [5.74, 6) is 0.199. The van der Waals surface area contributed by atoms with Crippen molar-refractivity contribution < 1.29 is 18.9 Å². The summed E-state index contributed by atoms with van der Waals surface area (Å²) in [7, 11) is 0. The van der Waals surface area contributed by atoms with Crippen LogP contribution in [-0.2, 0) is 9.53 Å². The molecule has 1 N–H and O–H groups in total. The number of anilines is 1. The van der Waals surface area contributed by atoms with E-state index in [1.54, 1.807) is 30.9 Å². The van der Waals surface area contributed by atoms with Crippen LogP contribution in [0.4, 0.5) is 11.4 Å². The van der Waals surface area contributed by atoms with Gasteiger partial charge in [0.05, 0.1) is 22.1 Å². The van der Waals surface area contributed by atoms with E-state index >= 15 is 0 Å². The van der Waals surface area contributed by atoms with Crippen LogP contribution in [0.15, 0.2) is 76.4 Å². The van der Waals surface area contributed by atoms with E-state index in [1.807, 2.05) is 30.3 Å². The maximum atomic E-state index is 13.0. The second-order valence-corrected chi connectivity index (χ2v) is 8.19. The van der Waals surface area contributed by atoms with Gasteiger partial charge in [0.25, 0.3) is 5.69 Å². The highest BCUT2D eigenvalue weighted by Gasteiger charge is 2.37. The zero-order valence-corrected chi connectivity index (χ0v) is 19.9. The van der Waals surface area contributed by atoms with E-state index in [1.165, 1.54) is 18.2 Å². The van der Waals surface area contributed by atoms with Crippen LogP contribution in [0.1, 0.15) is 25.6 Å². The first-order valence-electron chi connectivity index (χ1n) is 10.4. The Morgan fingerprint density at radius 1 is 1.24 bits per heavy atom. The Bertz CT molecular complexity index is 1300. The van der Waals surface area contributed by atoms with Crippen LogP contribution in [0, 0.1) is 10.1 Å². The molecule has 2 heterocycles. The summed E-state index contributed by atoms with van der Waals surface area (Å²) in [6.45, 7) is 3.72. The predicted molar refractivity (Wildman–Crippen MR) is 133 cm³/mol. The molecule has 3 aromatic rings. The molecule has 1 aromatic heterocycles. The number of furan rings is 1. The van der Waals surface area contributed by atoms with Crippen molar-refractivity contribution in [2.75, 3.05) is 11.5 Å². The Balaban J connectivity index is 1.79. The molecule has 1 aliphatic rings. The van der Waals surface area contributed by atoms with Gasteiger partial charge in [-0.05, 0) is 56.4 Å². The highest BCUT2D eigenvalue weighted by atomic mass is 35.5. The topological polar surface area (TPSA) is 97.8 Å². The third-order valence-corrected chi connectivity index (χ3v) is 5.96. The largest absolute Gasteiger partial charge is 0.463 e. The van der Waals surface area contributed by atoms with Crippen LogP contribution in [0.5, 0.6) is 0 Å². The third-order valence-electron chi connectivity index (χ3n) is 5.33. The summed E-state index contributed by atoms with van der Waals surface area (Å²) >= 11 is 11.9. The lowest BCUT2D eigenvalue weighted by molar-refractivity contribution is -0.384. The van der Waals surface area contributed by atoms with Crippen LogP contribution in [0.2, 0.25) is 5.02 Å². The molecule has 1 atom stereocenters. The van der Waals surface area contributed by atoms with Gasteiger partial charge in [-0.15, -0.1) is 0 Å². The number of esters is 1. The van der Waals surface area contributed by atoms with Gasteiger partial charge in [0, 0.05) is 29.1 Å². The Kier molecular flexibility index (Phi) is 6.67.